The maximum absolute atomic E-state index is 11.7. The van der Waals surface area contributed by atoms with E-state index in [1.54, 1.807) is 12.1 Å². The Morgan fingerprint density at radius 2 is 2.31 bits per heavy atom. The van der Waals surface area contributed by atoms with E-state index in [9.17, 15) is 4.79 Å². The lowest BCUT2D eigenvalue weighted by Gasteiger charge is -2.09. The molecule has 0 bridgehead atoms. The zero-order valence-electron chi connectivity index (χ0n) is 8.82. The zero-order valence-corrected chi connectivity index (χ0v) is 9.57. The monoisotopic (exact) mass is 240 g/mol. The SMILES string of the molecule is O=C(COc1ccccc1Cl)C1CCOC1. The van der Waals surface area contributed by atoms with Crippen LogP contribution in [0.2, 0.25) is 5.02 Å². The predicted octanol–water partition coefficient (Wildman–Crippen LogP) is 2.32. The van der Waals surface area contributed by atoms with Crippen LogP contribution >= 0.6 is 11.6 Å². The van der Waals surface area contributed by atoms with E-state index >= 15 is 0 Å². The summed E-state index contributed by atoms with van der Waals surface area (Å²) in [4.78, 5) is 11.7. The van der Waals surface area contributed by atoms with Gasteiger partial charge in [-0.1, -0.05) is 23.7 Å². The Balaban J connectivity index is 1.87. The molecule has 86 valence electrons. The molecule has 0 N–H and O–H groups in total. The first-order valence-corrected chi connectivity index (χ1v) is 5.63. The number of ether oxygens (including phenoxy) is 2. The van der Waals surface area contributed by atoms with Crippen molar-refractivity contribution in [3.8, 4) is 5.75 Å². The van der Waals surface area contributed by atoms with Crippen LogP contribution in [-0.2, 0) is 9.53 Å². The summed E-state index contributed by atoms with van der Waals surface area (Å²) < 4.78 is 10.5. The molecule has 0 radical (unpaired) electrons. The van der Waals surface area contributed by atoms with Gasteiger partial charge in [0.05, 0.1) is 11.6 Å². The van der Waals surface area contributed by atoms with Gasteiger partial charge in [0.1, 0.15) is 12.4 Å². The molecule has 16 heavy (non-hydrogen) atoms. The van der Waals surface area contributed by atoms with Gasteiger partial charge in [-0.3, -0.25) is 4.79 Å². The Kier molecular flexibility index (Phi) is 3.80. The average molecular weight is 241 g/mol. The van der Waals surface area contributed by atoms with Crippen molar-refractivity contribution in [1.29, 1.82) is 0 Å². The third kappa shape index (κ3) is 2.74. The second kappa shape index (κ2) is 5.32. The molecule has 1 aromatic carbocycles. The number of Topliss-reactive ketones (excluding diaryl/α,β-unsaturated/α-hetero) is 1. The third-order valence-electron chi connectivity index (χ3n) is 2.59. The first kappa shape index (κ1) is 11.4. The summed E-state index contributed by atoms with van der Waals surface area (Å²) in [5.41, 5.74) is 0. The number of benzene rings is 1. The van der Waals surface area contributed by atoms with Gasteiger partial charge in [-0.05, 0) is 18.6 Å². The summed E-state index contributed by atoms with van der Waals surface area (Å²) in [5, 5.41) is 0.526. The minimum absolute atomic E-state index is 0.0116. The van der Waals surface area contributed by atoms with Crippen LogP contribution in [0.4, 0.5) is 0 Å². The highest BCUT2D eigenvalue weighted by Gasteiger charge is 2.23. The molecular formula is C12H13ClO3. The summed E-state index contributed by atoms with van der Waals surface area (Å²) in [6.07, 6.45) is 0.796. The van der Waals surface area contributed by atoms with Crippen LogP contribution < -0.4 is 4.74 Å². The first-order chi connectivity index (χ1) is 7.77. The van der Waals surface area contributed by atoms with E-state index in [-0.39, 0.29) is 18.3 Å². The zero-order chi connectivity index (χ0) is 11.4. The standard InChI is InChI=1S/C12H13ClO3/c13-10-3-1-2-4-12(10)16-8-11(14)9-5-6-15-7-9/h1-4,9H,5-8H2. The molecule has 0 spiro atoms. The topological polar surface area (TPSA) is 35.5 Å². The van der Waals surface area contributed by atoms with Crippen LogP contribution in [-0.4, -0.2) is 25.6 Å². The summed E-state index contributed by atoms with van der Waals surface area (Å²) in [6.45, 7) is 1.25. The molecule has 1 fully saturated rings. The van der Waals surface area contributed by atoms with Crippen molar-refractivity contribution < 1.29 is 14.3 Å². The van der Waals surface area contributed by atoms with Gasteiger partial charge in [-0.25, -0.2) is 0 Å². The van der Waals surface area contributed by atoms with Crippen LogP contribution in [0.15, 0.2) is 24.3 Å². The molecule has 1 heterocycles. The lowest BCUT2D eigenvalue weighted by atomic mass is 10.0. The third-order valence-corrected chi connectivity index (χ3v) is 2.90. The van der Waals surface area contributed by atoms with Gasteiger partial charge in [0.15, 0.2) is 5.78 Å². The molecular weight excluding hydrogens is 228 g/mol. The number of rotatable bonds is 4. The lowest BCUT2D eigenvalue weighted by Crippen LogP contribution is -2.21. The molecule has 0 aromatic heterocycles. The van der Waals surface area contributed by atoms with E-state index in [1.165, 1.54) is 0 Å². The Morgan fingerprint density at radius 3 is 3.00 bits per heavy atom. The van der Waals surface area contributed by atoms with Crippen LogP contribution in [0.3, 0.4) is 0 Å². The Hall–Kier alpha value is -1.06. The number of halogens is 1. The molecule has 2 rings (SSSR count). The minimum Gasteiger partial charge on any atom is -0.484 e. The van der Waals surface area contributed by atoms with Gasteiger partial charge in [-0.2, -0.15) is 0 Å². The van der Waals surface area contributed by atoms with Gasteiger partial charge in [-0.15, -0.1) is 0 Å². The number of ketones is 1. The summed E-state index contributed by atoms with van der Waals surface area (Å²) in [5.74, 6) is 0.622. The second-order valence-electron chi connectivity index (χ2n) is 3.75. The maximum Gasteiger partial charge on any atom is 0.175 e. The van der Waals surface area contributed by atoms with Crippen molar-refractivity contribution in [1.82, 2.24) is 0 Å². The van der Waals surface area contributed by atoms with E-state index in [4.69, 9.17) is 21.1 Å². The highest BCUT2D eigenvalue weighted by Crippen LogP contribution is 2.23. The fourth-order valence-electron chi connectivity index (χ4n) is 1.62. The molecule has 0 aliphatic carbocycles. The van der Waals surface area contributed by atoms with Crippen molar-refractivity contribution in [2.75, 3.05) is 19.8 Å². The fourth-order valence-corrected chi connectivity index (χ4v) is 1.81. The largest absolute Gasteiger partial charge is 0.484 e. The minimum atomic E-state index is -0.0116. The predicted molar refractivity (Wildman–Crippen MR) is 60.9 cm³/mol. The summed E-state index contributed by atoms with van der Waals surface area (Å²) in [6, 6.07) is 7.13. The van der Waals surface area contributed by atoms with Gasteiger partial charge < -0.3 is 9.47 Å². The van der Waals surface area contributed by atoms with Gasteiger partial charge in [0.25, 0.3) is 0 Å². The van der Waals surface area contributed by atoms with Crippen molar-refractivity contribution >= 4 is 17.4 Å². The maximum atomic E-state index is 11.7. The summed E-state index contributed by atoms with van der Waals surface area (Å²) in [7, 11) is 0. The quantitative estimate of drug-likeness (QED) is 0.810. The molecule has 1 unspecified atom stereocenters. The van der Waals surface area contributed by atoms with Crippen LogP contribution in [0.1, 0.15) is 6.42 Å². The molecule has 3 nitrogen and oxygen atoms in total. The molecule has 4 heteroatoms. The number of para-hydroxylation sites is 1. The molecule has 1 saturated heterocycles. The van der Waals surface area contributed by atoms with E-state index in [1.807, 2.05) is 12.1 Å². The Bertz CT molecular complexity index is 372. The molecule has 0 amide bonds. The van der Waals surface area contributed by atoms with Gasteiger partial charge in [0, 0.05) is 12.5 Å². The van der Waals surface area contributed by atoms with Crippen LogP contribution in [0, 0.1) is 5.92 Å². The first-order valence-electron chi connectivity index (χ1n) is 5.25. The number of hydrogen-bond acceptors (Lipinski definition) is 3. The molecule has 1 aromatic rings. The highest BCUT2D eigenvalue weighted by atomic mass is 35.5. The number of hydrogen-bond donors (Lipinski definition) is 0. The molecule has 1 aliphatic heterocycles. The van der Waals surface area contributed by atoms with Crippen LogP contribution in [0.5, 0.6) is 5.75 Å². The Labute approximate surface area is 99.3 Å². The highest BCUT2D eigenvalue weighted by molar-refractivity contribution is 6.32. The van der Waals surface area contributed by atoms with Gasteiger partial charge >= 0.3 is 0 Å². The van der Waals surface area contributed by atoms with E-state index in [2.05, 4.69) is 0 Å². The molecule has 1 atom stereocenters. The molecule has 0 saturated carbocycles. The van der Waals surface area contributed by atoms with E-state index < -0.39 is 0 Å². The summed E-state index contributed by atoms with van der Waals surface area (Å²) >= 11 is 5.91. The Morgan fingerprint density at radius 1 is 1.50 bits per heavy atom. The van der Waals surface area contributed by atoms with Gasteiger partial charge in [0.2, 0.25) is 0 Å². The van der Waals surface area contributed by atoms with Crippen molar-refractivity contribution in [3.63, 3.8) is 0 Å². The lowest BCUT2D eigenvalue weighted by molar-refractivity contribution is -0.124. The normalized spacial score (nSPS) is 19.7. The van der Waals surface area contributed by atoms with Crippen molar-refractivity contribution in [2.24, 2.45) is 5.92 Å². The second-order valence-corrected chi connectivity index (χ2v) is 4.15. The smallest absolute Gasteiger partial charge is 0.175 e. The van der Waals surface area contributed by atoms with Crippen molar-refractivity contribution in [2.45, 2.75) is 6.42 Å². The van der Waals surface area contributed by atoms with E-state index in [0.717, 1.165) is 6.42 Å². The number of carbonyl (C=O) groups is 1. The number of carbonyl (C=O) groups excluding carboxylic acids is 1. The van der Waals surface area contributed by atoms with Crippen LogP contribution in [0.25, 0.3) is 0 Å². The fraction of sp³-hybridized carbons (Fsp3) is 0.417. The average Bonchev–Trinajstić information content (AvgIpc) is 2.81. The van der Waals surface area contributed by atoms with E-state index in [0.29, 0.717) is 24.0 Å². The van der Waals surface area contributed by atoms with Crippen molar-refractivity contribution in [3.05, 3.63) is 29.3 Å². The molecule has 1 aliphatic rings.